The summed E-state index contributed by atoms with van der Waals surface area (Å²) in [5.41, 5.74) is 7.95. The van der Waals surface area contributed by atoms with Crippen LogP contribution in [0.5, 0.6) is 0 Å². The highest BCUT2D eigenvalue weighted by molar-refractivity contribution is 5.16. The molecule has 0 heterocycles. The van der Waals surface area contributed by atoms with Gasteiger partial charge in [-0.3, -0.25) is 0 Å². The van der Waals surface area contributed by atoms with Crippen LogP contribution in [0.2, 0.25) is 0 Å². The summed E-state index contributed by atoms with van der Waals surface area (Å²) in [6.07, 6.45) is 8.26. The number of benzene rings is 1. The van der Waals surface area contributed by atoms with Gasteiger partial charge >= 0.3 is 0 Å². The summed E-state index contributed by atoms with van der Waals surface area (Å²) >= 11 is 0. The molecule has 5 unspecified atom stereocenters. The maximum atomic E-state index is 6.49. The number of fused-ring (bicyclic) bond motifs is 5. The van der Waals surface area contributed by atoms with E-state index in [1.807, 2.05) is 0 Å². The zero-order valence-corrected chi connectivity index (χ0v) is 11.7. The largest absolute Gasteiger partial charge is 0.327 e. The van der Waals surface area contributed by atoms with Gasteiger partial charge in [0, 0.05) is 6.04 Å². The Bertz CT molecular complexity index is 424. The first-order valence-corrected chi connectivity index (χ1v) is 8.14. The quantitative estimate of drug-likeness (QED) is 0.854. The van der Waals surface area contributed by atoms with E-state index in [4.69, 9.17) is 5.73 Å². The van der Waals surface area contributed by atoms with Gasteiger partial charge in [0.15, 0.2) is 0 Å². The maximum absolute atomic E-state index is 6.49. The van der Waals surface area contributed by atoms with Crippen LogP contribution >= 0.6 is 0 Å². The number of hydrogen-bond donors (Lipinski definition) is 1. The smallest absolute Gasteiger partial charge is 0.00729 e. The van der Waals surface area contributed by atoms with Gasteiger partial charge in [-0.05, 0) is 73.7 Å². The van der Waals surface area contributed by atoms with Crippen LogP contribution < -0.4 is 5.73 Å². The molecule has 3 aliphatic carbocycles. The van der Waals surface area contributed by atoms with Crippen molar-refractivity contribution in [2.24, 2.45) is 35.3 Å². The molecule has 3 aliphatic rings. The van der Waals surface area contributed by atoms with E-state index in [2.05, 4.69) is 30.3 Å². The minimum absolute atomic E-state index is 0.488. The van der Waals surface area contributed by atoms with Crippen molar-refractivity contribution in [3.63, 3.8) is 0 Å². The Labute approximate surface area is 116 Å². The highest BCUT2D eigenvalue weighted by atomic mass is 14.8. The lowest BCUT2D eigenvalue weighted by Gasteiger charge is -2.16. The van der Waals surface area contributed by atoms with Crippen LogP contribution in [0.15, 0.2) is 30.3 Å². The van der Waals surface area contributed by atoms with E-state index in [1.54, 1.807) is 6.42 Å². The van der Waals surface area contributed by atoms with Gasteiger partial charge in [0.2, 0.25) is 0 Å². The van der Waals surface area contributed by atoms with Crippen molar-refractivity contribution in [2.75, 3.05) is 0 Å². The van der Waals surface area contributed by atoms with Crippen LogP contribution in [0.1, 0.15) is 37.7 Å². The lowest BCUT2D eigenvalue weighted by Crippen LogP contribution is -2.26. The molecule has 0 spiro atoms. The van der Waals surface area contributed by atoms with Crippen molar-refractivity contribution in [1.29, 1.82) is 0 Å². The lowest BCUT2D eigenvalue weighted by atomic mass is 9.94. The molecule has 0 amide bonds. The number of hydrogen-bond acceptors (Lipinski definition) is 1. The van der Waals surface area contributed by atoms with Crippen molar-refractivity contribution in [1.82, 2.24) is 0 Å². The Morgan fingerprint density at radius 1 is 1.05 bits per heavy atom. The van der Waals surface area contributed by atoms with Crippen LogP contribution in [0, 0.1) is 29.6 Å². The molecule has 3 saturated carbocycles. The van der Waals surface area contributed by atoms with Crippen LogP contribution in [0.4, 0.5) is 0 Å². The van der Waals surface area contributed by atoms with Crippen molar-refractivity contribution in [3.05, 3.63) is 35.9 Å². The third-order valence-electron chi connectivity index (χ3n) is 6.13. The van der Waals surface area contributed by atoms with Gasteiger partial charge in [-0.1, -0.05) is 30.3 Å². The minimum Gasteiger partial charge on any atom is -0.327 e. The molecule has 5 atom stereocenters. The van der Waals surface area contributed by atoms with E-state index in [1.165, 1.54) is 37.7 Å². The summed E-state index contributed by atoms with van der Waals surface area (Å²) in [7, 11) is 0. The highest BCUT2D eigenvalue weighted by Gasteiger charge is 2.65. The van der Waals surface area contributed by atoms with E-state index in [9.17, 15) is 0 Å². The Balaban J connectivity index is 1.26. The molecular weight excluding hydrogens is 230 g/mol. The summed E-state index contributed by atoms with van der Waals surface area (Å²) in [4.78, 5) is 0. The monoisotopic (exact) mass is 255 g/mol. The molecule has 0 aromatic heterocycles. The van der Waals surface area contributed by atoms with Gasteiger partial charge < -0.3 is 5.73 Å². The molecule has 0 radical (unpaired) electrons. The molecule has 0 aliphatic heterocycles. The molecule has 19 heavy (non-hydrogen) atoms. The molecule has 4 rings (SSSR count). The molecule has 1 heteroatoms. The molecular formula is C18H25N. The SMILES string of the molecule is NC(CCCc1ccccc1)C1C2C3CCC(C3)C12. The Hall–Kier alpha value is -0.820. The zero-order chi connectivity index (χ0) is 12.8. The Morgan fingerprint density at radius 3 is 2.42 bits per heavy atom. The lowest BCUT2D eigenvalue weighted by molar-refractivity contribution is 0.393. The first-order chi connectivity index (χ1) is 9.34. The second-order valence-electron chi connectivity index (χ2n) is 7.11. The van der Waals surface area contributed by atoms with E-state index in [0.29, 0.717) is 6.04 Å². The molecule has 1 nitrogen and oxygen atoms in total. The second kappa shape index (κ2) is 4.63. The van der Waals surface area contributed by atoms with Crippen LogP contribution in [0.25, 0.3) is 0 Å². The molecule has 102 valence electrons. The fourth-order valence-corrected chi connectivity index (χ4v) is 5.34. The normalized spacial score (nSPS) is 40.2. The van der Waals surface area contributed by atoms with Gasteiger partial charge in [-0.25, -0.2) is 0 Å². The van der Waals surface area contributed by atoms with Crippen LogP contribution in [-0.4, -0.2) is 6.04 Å². The van der Waals surface area contributed by atoms with Gasteiger partial charge in [-0.15, -0.1) is 0 Å². The molecule has 1 aromatic rings. The molecule has 0 saturated heterocycles. The van der Waals surface area contributed by atoms with Crippen molar-refractivity contribution in [2.45, 2.75) is 44.6 Å². The third-order valence-corrected chi connectivity index (χ3v) is 6.13. The highest BCUT2D eigenvalue weighted by Crippen LogP contribution is 2.70. The molecule has 2 bridgehead atoms. The first-order valence-electron chi connectivity index (χ1n) is 8.14. The van der Waals surface area contributed by atoms with Crippen molar-refractivity contribution < 1.29 is 0 Å². The van der Waals surface area contributed by atoms with Crippen molar-refractivity contribution in [3.8, 4) is 0 Å². The number of nitrogens with two attached hydrogens (primary N) is 1. The summed E-state index contributed by atoms with van der Waals surface area (Å²) in [5.74, 6) is 5.14. The third kappa shape index (κ3) is 2.03. The maximum Gasteiger partial charge on any atom is 0.00729 e. The Kier molecular flexibility index (Phi) is 2.91. The summed E-state index contributed by atoms with van der Waals surface area (Å²) in [6, 6.07) is 11.3. The summed E-state index contributed by atoms with van der Waals surface area (Å²) in [5, 5.41) is 0. The molecule has 2 N–H and O–H groups in total. The fourth-order valence-electron chi connectivity index (χ4n) is 5.34. The average Bonchev–Trinajstić information content (AvgIpc) is 2.89. The van der Waals surface area contributed by atoms with Crippen LogP contribution in [-0.2, 0) is 6.42 Å². The van der Waals surface area contributed by atoms with Crippen molar-refractivity contribution >= 4 is 0 Å². The van der Waals surface area contributed by atoms with Gasteiger partial charge in [-0.2, -0.15) is 0 Å². The molecule has 3 fully saturated rings. The predicted molar refractivity (Wildman–Crippen MR) is 78.7 cm³/mol. The Morgan fingerprint density at radius 2 is 1.74 bits per heavy atom. The van der Waals surface area contributed by atoms with E-state index >= 15 is 0 Å². The van der Waals surface area contributed by atoms with E-state index in [-0.39, 0.29) is 0 Å². The second-order valence-corrected chi connectivity index (χ2v) is 7.11. The van der Waals surface area contributed by atoms with Gasteiger partial charge in [0.1, 0.15) is 0 Å². The molecule has 1 aromatic carbocycles. The topological polar surface area (TPSA) is 26.0 Å². The summed E-state index contributed by atoms with van der Waals surface area (Å²) in [6.45, 7) is 0. The van der Waals surface area contributed by atoms with Gasteiger partial charge in [0.05, 0.1) is 0 Å². The zero-order valence-electron chi connectivity index (χ0n) is 11.7. The standard InChI is InChI=1S/C18H25N/c19-15(8-4-7-12-5-2-1-3-6-12)18-16-13-9-10-14(11-13)17(16)18/h1-3,5-6,13-18H,4,7-11,19H2. The average molecular weight is 255 g/mol. The summed E-state index contributed by atoms with van der Waals surface area (Å²) < 4.78 is 0. The van der Waals surface area contributed by atoms with Crippen LogP contribution in [0.3, 0.4) is 0 Å². The first kappa shape index (κ1) is 12.0. The number of aryl methyl sites for hydroxylation is 1. The van der Waals surface area contributed by atoms with E-state index < -0.39 is 0 Å². The van der Waals surface area contributed by atoms with Gasteiger partial charge in [0.25, 0.3) is 0 Å². The minimum atomic E-state index is 0.488. The fraction of sp³-hybridized carbons (Fsp3) is 0.667. The number of rotatable bonds is 5. The van der Waals surface area contributed by atoms with E-state index in [0.717, 1.165) is 29.6 Å². The predicted octanol–water partition coefficient (Wildman–Crippen LogP) is 3.63.